The number of nitrogens with zero attached hydrogens (tertiary/aromatic N) is 1. The summed E-state index contributed by atoms with van der Waals surface area (Å²) in [4.78, 5) is 2.55. The topological polar surface area (TPSA) is 24.5 Å². The van der Waals surface area contributed by atoms with Gasteiger partial charge in [0.15, 0.2) is 0 Å². The van der Waals surface area contributed by atoms with Crippen LogP contribution in [0.25, 0.3) is 0 Å². The van der Waals surface area contributed by atoms with E-state index in [1.807, 2.05) is 30.3 Å². The second-order valence-electron chi connectivity index (χ2n) is 5.11. The van der Waals surface area contributed by atoms with E-state index in [1.165, 1.54) is 32.4 Å². The van der Waals surface area contributed by atoms with E-state index in [0.717, 1.165) is 32.0 Å². The Labute approximate surface area is 124 Å². The maximum absolute atomic E-state index is 5.65. The van der Waals surface area contributed by atoms with Gasteiger partial charge in [0.25, 0.3) is 0 Å². The molecule has 1 rings (SSSR count). The van der Waals surface area contributed by atoms with Crippen molar-refractivity contribution in [2.24, 2.45) is 0 Å². The second-order valence-corrected chi connectivity index (χ2v) is 5.11. The van der Waals surface area contributed by atoms with Crippen LogP contribution in [-0.2, 0) is 0 Å². The molecule has 0 amide bonds. The Morgan fingerprint density at radius 3 is 2.45 bits per heavy atom. The molecule has 0 unspecified atom stereocenters. The molecule has 0 fully saturated rings. The Morgan fingerprint density at radius 2 is 1.75 bits per heavy atom. The maximum atomic E-state index is 5.65. The Morgan fingerprint density at radius 1 is 0.950 bits per heavy atom. The van der Waals surface area contributed by atoms with Crippen LogP contribution in [0.1, 0.15) is 33.1 Å². The number of hydrogen-bond acceptors (Lipinski definition) is 3. The Kier molecular flexibility index (Phi) is 9.98. The van der Waals surface area contributed by atoms with Gasteiger partial charge in [-0.2, -0.15) is 0 Å². The first kappa shape index (κ1) is 17.0. The minimum atomic E-state index is 0.729. The van der Waals surface area contributed by atoms with Crippen LogP contribution in [-0.4, -0.2) is 44.2 Å². The molecule has 1 N–H and O–H groups in total. The lowest BCUT2D eigenvalue weighted by Crippen LogP contribution is -2.34. The van der Waals surface area contributed by atoms with E-state index in [-0.39, 0.29) is 0 Å². The third-order valence-corrected chi connectivity index (χ3v) is 3.26. The van der Waals surface area contributed by atoms with Crippen molar-refractivity contribution < 1.29 is 4.74 Å². The number of unbranched alkanes of at least 4 members (excludes halogenated alkanes) is 1. The van der Waals surface area contributed by atoms with Crippen molar-refractivity contribution in [3.63, 3.8) is 0 Å². The summed E-state index contributed by atoms with van der Waals surface area (Å²) in [6.07, 6.45) is 3.82. The lowest BCUT2D eigenvalue weighted by molar-refractivity contribution is 0.262. The molecular formula is C17H30N2O. The number of para-hydroxylation sites is 1. The minimum absolute atomic E-state index is 0.729. The van der Waals surface area contributed by atoms with Gasteiger partial charge in [-0.1, -0.05) is 38.5 Å². The average molecular weight is 278 g/mol. The van der Waals surface area contributed by atoms with Crippen LogP contribution in [0, 0.1) is 0 Å². The van der Waals surface area contributed by atoms with E-state index in [4.69, 9.17) is 4.74 Å². The summed E-state index contributed by atoms with van der Waals surface area (Å²) in [5.41, 5.74) is 0. The standard InChI is InChI=1S/C17H30N2O/c1-3-5-14-19(13-4-2)15-11-18-12-16-20-17-9-7-6-8-10-17/h6-10,18H,3-5,11-16H2,1-2H3. The molecule has 0 aromatic heterocycles. The molecular weight excluding hydrogens is 248 g/mol. The van der Waals surface area contributed by atoms with Crippen LogP contribution in [0.3, 0.4) is 0 Å². The normalized spacial score (nSPS) is 10.9. The molecule has 0 saturated heterocycles. The summed E-state index contributed by atoms with van der Waals surface area (Å²) >= 11 is 0. The highest BCUT2D eigenvalue weighted by Gasteiger charge is 2.02. The van der Waals surface area contributed by atoms with Crippen molar-refractivity contribution in [3.05, 3.63) is 30.3 Å². The van der Waals surface area contributed by atoms with Crippen LogP contribution in [0.15, 0.2) is 30.3 Å². The molecule has 0 atom stereocenters. The summed E-state index contributed by atoms with van der Waals surface area (Å²) in [5.74, 6) is 0.949. The smallest absolute Gasteiger partial charge is 0.119 e. The van der Waals surface area contributed by atoms with Gasteiger partial charge in [0, 0.05) is 19.6 Å². The summed E-state index contributed by atoms with van der Waals surface area (Å²) in [5, 5.41) is 3.45. The first-order chi connectivity index (χ1) is 9.86. The quantitative estimate of drug-likeness (QED) is 0.594. The van der Waals surface area contributed by atoms with Gasteiger partial charge in [-0.15, -0.1) is 0 Å². The van der Waals surface area contributed by atoms with Gasteiger partial charge >= 0.3 is 0 Å². The zero-order valence-corrected chi connectivity index (χ0v) is 13.1. The number of ether oxygens (including phenoxy) is 1. The number of rotatable bonds is 12. The number of benzene rings is 1. The molecule has 0 spiro atoms. The highest BCUT2D eigenvalue weighted by molar-refractivity contribution is 5.20. The molecule has 0 aliphatic carbocycles. The first-order valence-corrected chi connectivity index (χ1v) is 7.97. The van der Waals surface area contributed by atoms with Gasteiger partial charge in [0.1, 0.15) is 12.4 Å². The van der Waals surface area contributed by atoms with Gasteiger partial charge in [0.05, 0.1) is 0 Å². The van der Waals surface area contributed by atoms with Crippen LogP contribution in [0.2, 0.25) is 0 Å². The van der Waals surface area contributed by atoms with E-state index in [2.05, 4.69) is 24.1 Å². The van der Waals surface area contributed by atoms with Crippen molar-refractivity contribution in [3.8, 4) is 5.75 Å². The minimum Gasteiger partial charge on any atom is -0.492 e. The predicted octanol–water partition coefficient (Wildman–Crippen LogP) is 3.17. The third-order valence-electron chi connectivity index (χ3n) is 3.26. The van der Waals surface area contributed by atoms with Crippen LogP contribution < -0.4 is 10.1 Å². The van der Waals surface area contributed by atoms with Crippen molar-refractivity contribution in [1.82, 2.24) is 10.2 Å². The van der Waals surface area contributed by atoms with Crippen LogP contribution in [0.4, 0.5) is 0 Å². The average Bonchev–Trinajstić information content (AvgIpc) is 2.49. The van der Waals surface area contributed by atoms with Crippen molar-refractivity contribution in [2.45, 2.75) is 33.1 Å². The van der Waals surface area contributed by atoms with Crippen molar-refractivity contribution in [2.75, 3.05) is 39.3 Å². The fraction of sp³-hybridized carbons (Fsp3) is 0.647. The Hall–Kier alpha value is -1.06. The fourth-order valence-electron chi connectivity index (χ4n) is 2.15. The number of hydrogen-bond donors (Lipinski definition) is 1. The summed E-state index contributed by atoms with van der Waals surface area (Å²) < 4.78 is 5.65. The van der Waals surface area contributed by atoms with Crippen molar-refractivity contribution in [1.29, 1.82) is 0 Å². The molecule has 1 aromatic rings. The largest absolute Gasteiger partial charge is 0.492 e. The molecule has 1 aromatic carbocycles. The Bertz CT molecular complexity index is 316. The zero-order valence-electron chi connectivity index (χ0n) is 13.1. The van der Waals surface area contributed by atoms with Gasteiger partial charge in [-0.05, 0) is 38.1 Å². The molecule has 0 heterocycles. The molecule has 0 aliphatic heterocycles. The van der Waals surface area contributed by atoms with Gasteiger partial charge in [-0.25, -0.2) is 0 Å². The highest BCUT2D eigenvalue weighted by Crippen LogP contribution is 2.07. The Balaban J connectivity index is 2.02. The monoisotopic (exact) mass is 278 g/mol. The molecule has 3 heteroatoms. The van der Waals surface area contributed by atoms with Crippen molar-refractivity contribution >= 4 is 0 Å². The molecule has 114 valence electrons. The molecule has 0 radical (unpaired) electrons. The second kappa shape index (κ2) is 11.7. The van der Waals surface area contributed by atoms with E-state index in [9.17, 15) is 0 Å². The van der Waals surface area contributed by atoms with E-state index < -0.39 is 0 Å². The highest BCUT2D eigenvalue weighted by atomic mass is 16.5. The van der Waals surface area contributed by atoms with Crippen LogP contribution in [0.5, 0.6) is 5.75 Å². The lowest BCUT2D eigenvalue weighted by Gasteiger charge is -2.21. The third kappa shape index (κ3) is 8.18. The van der Waals surface area contributed by atoms with E-state index >= 15 is 0 Å². The van der Waals surface area contributed by atoms with Crippen LogP contribution >= 0.6 is 0 Å². The summed E-state index contributed by atoms with van der Waals surface area (Å²) in [7, 11) is 0. The zero-order chi connectivity index (χ0) is 14.5. The molecule has 20 heavy (non-hydrogen) atoms. The van der Waals surface area contributed by atoms with Gasteiger partial charge < -0.3 is 15.0 Å². The van der Waals surface area contributed by atoms with E-state index in [1.54, 1.807) is 0 Å². The molecule has 3 nitrogen and oxygen atoms in total. The molecule has 0 aliphatic rings. The fourth-order valence-corrected chi connectivity index (χ4v) is 2.15. The predicted molar refractivity (Wildman–Crippen MR) is 86.4 cm³/mol. The van der Waals surface area contributed by atoms with Gasteiger partial charge in [-0.3, -0.25) is 0 Å². The SMILES string of the molecule is CCCCN(CCC)CCNCCOc1ccccc1. The maximum Gasteiger partial charge on any atom is 0.119 e. The molecule has 0 bridgehead atoms. The molecule has 0 saturated carbocycles. The van der Waals surface area contributed by atoms with E-state index in [0.29, 0.717) is 0 Å². The summed E-state index contributed by atoms with van der Waals surface area (Å²) in [6, 6.07) is 9.99. The lowest BCUT2D eigenvalue weighted by atomic mass is 10.3. The number of nitrogens with one attached hydrogen (secondary N) is 1. The summed E-state index contributed by atoms with van der Waals surface area (Å²) in [6.45, 7) is 10.8. The first-order valence-electron chi connectivity index (χ1n) is 7.97. The van der Waals surface area contributed by atoms with Gasteiger partial charge in [0.2, 0.25) is 0 Å².